The number of hydrogen-bond acceptors (Lipinski definition) is 4. The van der Waals surface area contributed by atoms with Gasteiger partial charge in [0.05, 0.1) is 0 Å². The number of rotatable bonds is 5. The van der Waals surface area contributed by atoms with E-state index in [0.29, 0.717) is 0 Å². The Hall–Kier alpha value is -0.640. The highest BCUT2D eigenvalue weighted by molar-refractivity contribution is 7.09. The smallest absolute Gasteiger partial charge is 0.202 e. The summed E-state index contributed by atoms with van der Waals surface area (Å²) < 4.78 is 4.25. The quantitative estimate of drug-likeness (QED) is 0.816. The summed E-state index contributed by atoms with van der Waals surface area (Å²) in [4.78, 5) is 4.39. The minimum Gasteiger partial charge on any atom is -0.355 e. The molecule has 0 unspecified atom stereocenters. The molecule has 1 aromatic heterocycles. The van der Waals surface area contributed by atoms with E-state index in [4.69, 9.17) is 0 Å². The summed E-state index contributed by atoms with van der Waals surface area (Å²) in [5.41, 5.74) is 0.124. The summed E-state index contributed by atoms with van der Waals surface area (Å²) in [5, 5.41) is 4.36. The molecule has 0 saturated carbocycles. The van der Waals surface area contributed by atoms with Crippen LogP contribution in [-0.4, -0.2) is 14.9 Å². The first kappa shape index (κ1) is 11.4. The lowest BCUT2D eigenvalue weighted by Gasteiger charge is -2.24. The van der Waals surface area contributed by atoms with Crippen molar-refractivity contribution in [3.63, 3.8) is 0 Å². The fourth-order valence-electron chi connectivity index (χ4n) is 1.43. The van der Waals surface area contributed by atoms with Crippen molar-refractivity contribution in [1.82, 2.24) is 9.36 Å². The predicted octanol–water partition coefficient (Wildman–Crippen LogP) is 3.09. The third-order valence-electron chi connectivity index (χ3n) is 2.10. The van der Waals surface area contributed by atoms with Crippen molar-refractivity contribution in [3.8, 4) is 0 Å². The van der Waals surface area contributed by atoms with Gasteiger partial charge in [-0.1, -0.05) is 20.3 Å². The Morgan fingerprint density at radius 1 is 1.36 bits per heavy atom. The predicted molar refractivity (Wildman–Crippen MR) is 61.9 cm³/mol. The zero-order valence-electron chi connectivity index (χ0n) is 9.42. The standard InChI is InChI=1S/C10H19N3S/c1-5-7-10(3,4)12-9-11-8(6-2)13-14-9/h5-7H2,1-4H3,(H,11,12,13). The van der Waals surface area contributed by atoms with Gasteiger partial charge in [0.2, 0.25) is 5.13 Å². The van der Waals surface area contributed by atoms with E-state index in [9.17, 15) is 0 Å². The fraction of sp³-hybridized carbons (Fsp3) is 0.800. The summed E-state index contributed by atoms with van der Waals surface area (Å²) in [5.74, 6) is 0.935. The van der Waals surface area contributed by atoms with Crippen molar-refractivity contribution >= 4 is 16.7 Å². The number of aryl methyl sites for hydroxylation is 1. The van der Waals surface area contributed by atoms with Crippen LogP contribution in [0.15, 0.2) is 0 Å². The summed E-state index contributed by atoms with van der Waals surface area (Å²) in [6, 6.07) is 0. The van der Waals surface area contributed by atoms with Gasteiger partial charge in [0.15, 0.2) is 0 Å². The average molecular weight is 213 g/mol. The monoisotopic (exact) mass is 213 g/mol. The molecule has 1 heterocycles. The molecule has 0 bridgehead atoms. The molecule has 0 aliphatic rings. The molecular formula is C10H19N3S. The Morgan fingerprint density at radius 2 is 2.07 bits per heavy atom. The lowest BCUT2D eigenvalue weighted by Crippen LogP contribution is -2.30. The third-order valence-corrected chi connectivity index (χ3v) is 2.77. The molecule has 0 aromatic carbocycles. The molecule has 0 fully saturated rings. The van der Waals surface area contributed by atoms with Crippen LogP contribution < -0.4 is 5.32 Å². The maximum absolute atomic E-state index is 4.39. The second-order valence-electron chi connectivity index (χ2n) is 4.13. The zero-order valence-corrected chi connectivity index (χ0v) is 10.2. The molecule has 3 nitrogen and oxygen atoms in total. The summed E-state index contributed by atoms with van der Waals surface area (Å²) in [6.45, 7) is 8.66. The van der Waals surface area contributed by atoms with Gasteiger partial charge in [-0.05, 0) is 20.3 Å². The first-order valence-corrected chi connectivity index (χ1v) is 5.95. The van der Waals surface area contributed by atoms with Crippen LogP contribution in [0.4, 0.5) is 5.13 Å². The molecule has 0 aliphatic heterocycles. The third kappa shape index (κ3) is 3.25. The molecule has 1 aromatic rings. The van der Waals surface area contributed by atoms with Crippen LogP contribution in [-0.2, 0) is 6.42 Å². The van der Waals surface area contributed by atoms with Crippen LogP contribution in [0.1, 0.15) is 46.4 Å². The zero-order chi connectivity index (χ0) is 10.6. The van der Waals surface area contributed by atoms with Crippen molar-refractivity contribution in [2.75, 3.05) is 5.32 Å². The number of hydrogen-bond donors (Lipinski definition) is 1. The van der Waals surface area contributed by atoms with Crippen LogP contribution >= 0.6 is 11.5 Å². The molecule has 0 saturated heterocycles. The maximum atomic E-state index is 4.39. The second kappa shape index (κ2) is 4.73. The number of anilines is 1. The normalized spacial score (nSPS) is 11.7. The summed E-state index contributed by atoms with van der Waals surface area (Å²) >= 11 is 1.45. The van der Waals surface area contributed by atoms with Crippen molar-refractivity contribution < 1.29 is 0 Å². The average Bonchev–Trinajstić information content (AvgIpc) is 2.51. The van der Waals surface area contributed by atoms with Crippen LogP contribution in [0.25, 0.3) is 0 Å². The molecule has 14 heavy (non-hydrogen) atoms. The van der Waals surface area contributed by atoms with Crippen LogP contribution in [0.2, 0.25) is 0 Å². The van der Waals surface area contributed by atoms with E-state index in [1.165, 1.54) is 18.0 Å². The Kier molecular flexibility index (Phi) is 3.86. The van der Waals surface area contributed by atoms with E-state index in [1.807, 2.05) is 0 Å². The van der Waals surface area contributed by atoms with Gasteiger partial charge >= 0.3 is 0 Å². The Balaban J connectivity index is 2.58. The molecule has 0 radical (unpaired) electrons. The van der Waals surface area contributed by atoms with Crippen LogP contribution in [0, 0.1) is 0 Å². The molecule has 0 spiro atoms. The number of nitrogens with zero attached hydrogens (tertiary/aromatic N) is 2. The summed E-state index contributed by atoms with van der Waals surface area (Å²) in [6.07, 6.45) is 3.24. The van der Waals surface area contributed by atoms with E-state index >= 15 is 0 Å². The Bertz CT molecular complexity index is 281. The van der Waals surface area contributed by atoms with Gasteiger partial charge in [0.1, 0.15) is 5.82 Å². The van der Waals surface area contributed by atoms with E-state index in [2.05, 4.69) is 42.4 Å². The minimum atomic E-state index is 0.124. The summed E-state index contributed by atoms with van der Waals surface area (Å²) in [7, 11) is 0. The molecular weight excluding hydrogens is 194 g/mol. The SMILES string of the molecule is CCCC(C)(C)Nc1nc(CC)ns1. The first-order chi connectivity index (χ1) is 6.57. The minimum absolute atomic E-state index is 0.124. The van der Waals surface area contributed by atoms with Crippen molar-refractivity contribution in [2.45, 2.75) is 52.5 Å². The topological polar surface area (TPSA) is 37.8 Å². The van der Waals surface area contributed by atoms with Gasteiger partial charge in [0.25, 0.3) is 0 Å². The number of aromatic nitrogens is 2. The van der Waals surface area contributed by atoms with Gasteiger partial charge in [-0.3, -0.25) is 0 Å². The van der Waals surface area contributed by atoms with Crippen LogP contribution in [0.5, 0.6) is 0 Å². The largest absolute Gasteiger partial charge is 0.355 e. The van der Waals surface area contributed by atoms with E-state index in [1.54, 1.807) is 0 Å². The lowest BCUT2D eigenvalue weighted by atomic mass is 10.00. The highest BCUT2D eigenvalue weighted by atomic mass is 32.1. The van der Waals surface area contributed by atoms with Crippen molar-refractivity contribution in [2.24, 2.45) is 0 Å². The Labute approximate surface area is 90.1 Å². The maximum Gasteiger partial charge on any atom is 0.202 e. The highest BCUT2D eigenvalue weighted by Crippen LogP contribution is 2.20. The highest BCUT2D eigenvalue weighted by Gasteiger charge is 2.17. The van der Waals surface area contributed by atoms with Gasteiger partial charge < -0.3 is 5.32 Å². The van der Waals surface area contributed by atoms with E-state index < -0.39 is 0 Å². The van der Waals surface area contributed by atoms with E-state index in [0.717, 1.165) is 23.8 Å². The lowest BCUT2D eigenvalue weighted by molar-refractivity contribution is 0.510. The molecule has 80 valence electrons. The van der Waals surface area contributed by atoms with E-state index in [-0.39, 0.29) is 5.54 Å². The van der Waals surface area contributed by atoms with Crippen molar-refractivity contribution in [3.05, 3.63) is 5.82 Å². The van der Waals surface area contributed by atoms with Gasteiger partial charge in [-0.15, -0.1) is 0 Å². The van der Waals surface area contributed by atoms with Gasteiger partial charge in [-0.25, -0.2) is 4.98 Å². The van der Waals surface area contributed by atoms with Crippen LogP contribution in [0.3, 0.4) is 0 Å². The number of nitrogens with one attached hydrogen (secondary N) is 1. The molecule has 4 heteroatoms. The molecule has 0 aliphatic carbocycles. The van der Waals surface area contributed by atoms with Crippen molar-refractivity contribution in [1.29, 1.82) is 0 Å². The second-order valence-corrected chi connectivity index (χ2v) is 4.88. The molecule has 0 atom stereocenters. The first-order valence-electron chi connectivity index (χ1n) is 5.18. The fourth-order valence-corrected chi connectivity index (χ4v) is 2.26. The van der Waals surface area contributed by atoms with Gasteiger partial charge in [0, 0.05) is 23.5 Å². The Morgan fingerprint density at radius 3 is 2.57 bits per heavy atom. The molecule has 0 amide bonds. The molecule has 1 N–H and O–H groups in total. The van der Waals surface area contributed by atoms with Gasteiger partial charge in [-0.2, -0.15) is 4.37 Å². The molecule has 1 rings (SSSR count).